The summed E-state index contributed by atoms with van der Waals surface area (Å²) in [6.07, 6.45) is 7.43. The number of nitrogens with one attached hydrogen (secondary N) is 1. The maximum Gasteiger partial charge on any atom is 0.193 e. The van der Waals surface area contributed by atoms with Gasteiger partial charge in [-0.1, -0.05) is 18.2 Å². The lowest BCUT2D eigenvalue weighted by Crippen LogP contribution is -2.24. The van der Waals surface area contributed by atoms with E-state index in [0.29, 0.717) is 12.5 Å². The van der Waals surface area contributed by atoms with Crippen molar-refractivity contribution >= 4 is 35.6 Å². The van der Waals surface area contributed by atoms with Gasteiger partial charge in [0.25, 0.3) is 0 Å². The number of aliphatic imine (C=N–C) groups is 1. The third-order valence-corrected chi connectivity index (χ3v) is 4.03. The molecule has 0 saturated carbocycles. The van der Waals surface area contributed by atoms with Gasteiger partial charge in [-0.2, -0.15) is 0 Å². The molecule has 4 nitrogen and oxygen atoms in total. The molecule has 122 valence electrons. The zero-order chi connectivity index (χ0) is 15.2. The van der Waals surface area contributed by atoms with Crippen molar-refractivity contribution in [3.05, 3.63) is 59.4 Å². The van der Waals surface area contributed by atoms with Gasteiger partial charge in [0.05, 0.1) is 0 Å². The zero-order valence-corrected chi connectivity index (χ0v) is 15.5. The van der Waals surface area contributed by atoms with Gasteiger partial charge in [-0.15, -0.1) is 24.0 Å². The smallest absolute Gasteiger partial charge is 0.193 e. The first-order chi connectivity index (χ1) is 10.8. The van der Waals surface area contributed by atoms with Crippen molar-refractivity contribution in [2.24, 2.45) is 10.7 Å². The van der Waals surface area contributed by atoms with Gasteiger partial charge in [0.2, 0.25) is 0 Å². The molecule has 23 heavy (non-hydrogen) atoms. The number of anilines is 1. The minimum absolute atomic E-state index is 0. The fourth-order valence-electron chi connectivity index (χ4n) is 2.91. The van der Waals surface area contributed by atoms with Crippen molar-refractivity contribution in [3.63, 3.8) is 0 Å². The van der Waals surface area contributed by atoms with Crippen LogP contribution >= 0.6 is 24.0 Å². The molecule has 0 amide bonds. The van der Waals surface area contributed by atoms with E-state index in [1.54, 1.807) is 6.20 Å². The first-order valence-corrected chi connectivity index (χ1v) is 7.90. The van der Waals surface area contributed by atoms with Gasteiger partial charge < -0.3 is 11.1 Å². The van der Waals surface area contributed by atoms with Gasteiger partial charge in [-0.25, -0.2) is 0 Å². The Hall–Kier alpha value is -1.63. The van der Waals surface area contributed by atoms with Crippen LogP contribution in [-0.4, -0.2) is 17.5 Å². The second kappa shape index (κ2) is 8.86. The molecule has 0 spiro atoms. The normalized spacial score (nSPS) is 13.8. The highest BCUT2D eigenvalue weighted by molar-refractivity contribution is 14.0. The number of aromatic nitrogens is 1. The molecule has 0 radical (unpaired) electrons. The van der Waals surface area contributed by atoms with Gasteiger partial charge in [0, 0.05) is 30.5 Å². The predicted molar refractivity (Wildman–Crippen MR) is 107 cm³/mol. The van der Waals surface area contributed by atoms with Crippen molar-refractivity contribution in [3.8, 4) is 0 Å². The number of rotatable bonds is 4. The number of pyridine rings is 1. The Bertz CT molecular complexity index is 655. The second-order valence-corrected chi connectivity index (χ2v) is 5.61. The molecule has 0 saturated heterocycles. The summed E-state index contributed by atoms with van der Waals surface area (Å²) in [4.78, 5) is 8.69. The fourth-order valence-corrected chi connectivity index (χ4v) is 2.91. The van der Waals surface area contributed by atoms with Crippen LogP contribution < -0.4 is 11.1 Å². The molecule has 0 bridgehead atoms. The van der Waals surface area contributed by atoms with Crippen molar-refractivity contribution in [1.82, 2.24) is 4.98 Å². The highest BCUT2D eigenvalue weighted by Crippen LogP contribution is 2.27. The molecule has 1 aliphatic rings. The number of benzene rings is 1. The van der Waals surface area contributed by atoms with Crippen LogP contribution in [0, 0.1) is 0 Å². The number of guanidine groups is 1. The Morgan fingerprint density at radius 1 is 1.13 bits per heavy atom. The molecule has 1 heterocycles. The maximum atomic E-state index is 6.02. The molecular weight excluding hydrogens is 399 g/mol. The van der Waals surface area contributed by atoms with Crippen molar-refractivity contribution in [2.75, 3.05) is 11.9 Å². The van der Waals surface area contributed by atoms with E-state index in [0.717, 1.165) is 24.2 Å². The Morgan fingerprint density at radius 3 is 2.83 bits per heavy atom. The number of aryl methyl sites for hydroxylation is 1. The molecule has 1 aromatic heterocycles. The largest absolute Gasteiger partial charge is 0.370 e. The highest BCUT2D eigenvalue weighted by Gasteiger charge is 2.12. The van der Waals surface area contributed by atoms with Crippen LogP contribution in [0.2, 0.25) is 0 Å². The predicted octanol–water partition coefficient (Wildman–Crippen LogP) is 3.55. The van der Waals surface area contributed by atoms with E-state index >= 15 is 0 Å². The Kier molecular flexibility index (Phi) is 6.83. The Labute approximate surface area is 154 Å². The molecule has 0 aliphatic heterocycles. The quantitative estimate of drug-likeness (QED) is 0.450. The minimum Gasteiger partial charge on any atom is -0.370 e. The number of nitrogens with zero attached hydrogens (tertiary/aromatic N) is 2. The minimum atomic E-state index is 0. The molecule has 1 aliphatic carbocycles. The first-order valence-electron chi connectivity index (χ1n) is 7.90. The van der Waals surface area contributed by atoms with E-state index in [1.165, 1.54) is 30.4 Å². The van der Waals surface area contributed by atoms with Crippen LogP contribution in [0.4, 0.5) is 5.69 Å². The average molecular weight is 422 g/mol. The summed E-state index contributed by atoms with van der Waals surface area (Å²) in [5.41, 5.74) is 11.0. The summed E-state index contributed by atoms with van der Waals surface area (Å²) < 4.78 is 0. The van der Waals surface area contributed by atoms with Crippen LogP contribution in [0.15, 0.2) is 47.6 Å². The molecule has 0 fully saturated rings. The monoisotopic (exact) mass is 422 g/mol. The summed E-state index contributed by atoms with van der Waals surface area (Å²) in [7, 11) is 0. The third-order valence-electron chi connectivity index (χ3n) is 4.03. The van der Waals surface area contributed by atoms with Crippen LogP contribution in [0.25, 0.3) is 0 Å². The lowest BCUT2D eigenvalue weighted by atomic mass is 9.90. The molecule has 5 heteroatoms. The fraction of sp³-hybridized carbons (Fsp3) is 0.333. The summed E-state index contributed by atoms with van der Waals surface area (Å²) >= 11 is 0. The Morgan fingerprint density at radius 2 is 2.00 bits per heavy atom. The van der Waals surface area contributed by atoms with Gasteiger partial charge in [0.1, 0.15) is 0 Å². The molecular formula is C18H23IN4. The van der Waals surface area contributed by atoms with E-state index in [-0.39, 0.29) is 24.0 Å². The number of fused-ring (bicyclic) bond motifs is 1. The van der Waals surface area contributed by atoms with E-state index in [2.05, 4.69) is 33.5 Å². The van der Waals surface area contributed by atoms with Crippen molar-refractivity contribution in [2.45, 2.75) is 32.1 Å². The molecule has 3 rings (SSSR count). The molecule has 3 N–H and O–H groups in total. The van der Waals surface area contributed by atoms with Crippen molar-refractivity contribution < 1.29 is 0 Å². The first kappa shape index (κ1) is 17.7. The van der Waals surface area contributed by atoms with Gasteiger partial charge >= 0.3 is 0 Å². The van der Waals surface area contributed by atoms with E-state index in [4.69, 9.17) is 5.73 Å². The Balaban J connectivity index is 0.00000192. The average Bonchev–Trinajstić information content (AvgIpc) is 2.56. The summed E-state index contributed by atoms with van der Waals surface area (Å²) in [5.74, 6) is 0.481. The zero-order valence-electron chi connectivity index (χ0n) is 13.2. The lowest BCUT2D eigenvalue weighted by Gasteiger charge is -2.19. The van der Waals surface area contributed by atoms with Crippen LogP contribution in [-0.2, 0) is 19.3 Å². The summed E-state index contributed by atoms with van der Waals surface area (Å²) in [6, 6.07) is 12.3. The number of hydrogen-bond donors (Lipinski definition) is 2. The number of nitrogens with two attached hydrogens (primary N) is 1. The topological polar surface area (TPSA) is 63.3 Å². The second-order valence-electron chi connectivity index (χ2n) is 5.61. The molecule has 0 atom stereocenters. The third kappa shape index (κ3) is 4.92. The lowest BCUT2D eigenvalue weighted by molar-refractivity contribution is 0.687. The highest BCUT2D eigenvalue weighted by atomic mass is 127. The van der Waals surface area contributed by atoms with E-state index < -0.39 is 0 Å². The summed E-state index contributed by atoms with van der Waals surface area (Å²) in [5, 5.41) is 3.26. The summed E-state index contributed by atoms with van der Waals surface area (Å²) in [6.45, 7) is 0.644. The van der Waals surface area contributed by atoms with Crippen LogP contribution in [0.3, 0.4) is 0 Å². The molecule has 2 aromatic rings. The maximum absolute atomic E-state index is 6.02. The van der Waals surface area contributed by atoms with E-state index in [9.17, 15) is 0 Å². The SMILES string of the molecule is I.NC(=NCCc1ccccn1)Nc1cccc2c1CCCC2. The van der Waals surface area contributed by atoms with Crippen molar-refractivity contribution in [1.29, 1.82) is 0 Å². The number of halogens is 1. The van der Waals surface area contributed by atoms with E-state index in [1.807, 2.05) is 18.2 Å². The molecule has 1 aromatic carbocycles. The van der Waals surface area contributed by atoms with Gasteiger partial charge in [-0.3, -0.25) is 9.98 Å². The standard InChI is InChI=1S/C18H22N4.HI/c19-18(21-13-11-15-8-3-4-12-20-15)22-17-10-5-7-14-6-1-2-9-16(14)17;/h3-5,7-8,10,12H,1-2,6,9,11,13H2,(H3,19,21,22);1H. The van der Waals surface area contributed by atoms with Crippen LogP contribution in [0.5, 0.6) is 0 Å². The molecule has 0 unspecified atom stereocenters. The van der Waals surface area contributed by atoms with Gasteiger partial charge in [0.15, 0.2) is 5.96 Å². The van der Waals surface area contributed by atoms with Crippen LogP contribution in [0.1, 0.15) is 29.7 Å². The number of hydrogen-bond acceptors (Lipinski definition) is 2. The van der Waals surface area contributed by atoms with Gasteiger partial charge in [-0.05, 0) is 55.0 Å².